The average Bonchev–Trinajstić information content (AvgIpc) is 2.41. The fourth-order valence-electron chi connectivity index (χ4n) is 1.43. The van der Waals surface area contributed by atoms with Gasteiger partial charge in [0.15, 0.2) is 0 Å². The van der Waals surface area contributed by atoms with Crippen molar-refractivity contribution in [3.63, 3.8) is 0 Å². The minimum absolute atomic E-state index is 0.671. The average molecular weight is 334 g/mol. The van der Waals surface area contributed by atoms with Crippen molar-refractivity contribution < 1.29 is 39.3 Å². The van der Waals surface area contributed by atoms with Gasteiger partial charge in [0, 0.05) is 0 Å². The van der Waals surface area contributed by atoms with Crippen molar-refractivity contribution >= 4 is 29.7 Å². The summed E-state index contributed by atoms with van der Waals surface area (Å²) in [7, 11) is 0. The number of aliphatic hydroxyl groups excluding tert-OH is 1. The summed E-state index contributed by atoms with van der Waals surface area (Å²) < 4.78 is 0. The Hall–Kier alpha value is -2.73. The number of carboxylic acids is 2. The van der Waals surface area contributed by atoms with Crippen LogP contribution >= 0.6 is 0 Å². The third kappa shape index (κ3) is 7.73. The van der Waals surface area contributed by atoms with Crippen LogP contribution in [0.3, 0.4) is 0 Å². The van der Waals surface area contributed by atoms with Crippen molar-refractivity contribution in [1.29, 1.82) is 0 Å². The number of amides is 3. The predicted molar refractivity (Wildman–Crippen MR) is 72.6 cm³/mol. The highest BCUT2D eigenvalue weighted by Crippen LogP contribution is 1.97. The summed E-state index contributed by atoms with van der Waals surface area (Å²) in [5, 5.41) is 30.0. The number of hydrogen-bond acceptors (Lipinski definition) is 7. The largest absolute Gasteiger partial charge is 0.481 e. The number of aliphatic carboxylic acids is 2. The molecule has 3 atom stereocenters. The van der Waals surface area contributed by atoms with Crippen LogP contribution in [0.5, 0.6) is 0 Å². The van der Waals surface area contributed by atoms with E-state index in [2.05, 4.69) is 0 Å². The molecule has 0 saturated carbocycles. The first-order valence-corrected chi connectivity index (χ1v) is 6.28. The first-order valence-electron chi connectivity index (χ1n) is 6.28. The quantitative estimate of drug-likeness (QED) is 0.205. The number of nitrogens with one attached hydrogen (secondary N) is 2. The lowest BCUT2D eigenvalue weighted by atomic mass is 10.1. The third-order valence-electron chi connectivity index (χ3n) is 2.57. The molecule has 0 aliphatic carbocycles. The second-order valence-corrected chi connectivity index (χ2v) is 4.52. The number of aliphatic hydroxyl groups is 1. The maximum atomic E-state index is 11.9. The van der Waals surface area contributed by atoms with Crippen LogP contribution in [0.4, 0.5) is 0 Å². The molecule has 0 aliphatic heterocycles. The van der Waals surface area contributed by atoms with Gasteiger partial charge in [-0.1, -0.05) is 0 Å². The molecule has 12 heteroatoms. The molecule has 0 fully saturated rings. The SMILES string of the molecule is NC(=O)C[C@H](NC(=O)[C@@H](N)CC(=O)O)C(=O)N[C@@H](CO)C(=O)O. The Morgan fingerprint density at radius 2 is 1.43 bits per heavy atom. The first-order chi connectivity index (χ1) is 10.6. The monoisotopic (exact) mass is 334 g/mol. The summed E-state index contributed by atoms with van der Waals surface area (Å²) in [5.74, 6) is -6.00. The molecular formula is C11H18N4O8. The van der Waals surface area contributed by atoms with E-state index in [0.29, 0.717) is 0 Å². The second-order valence-electron chi connectivity index (χ2n) is 4.52. The van der Waals surface area contributed by atoms with E-state index in [0.717, 1.165) is 0 Å². The highest BCUT2D eigenvalue weighted by molar-refractivity contribution is 5.95. The van der Waals surface area contributed by atoms with Gasteiger partial charge in [-0.3, -0.25) is 19.2 Å². The van der Waals surface area contributed by atoms with Crippen molar-refractivity contribution in [3.8, 4) is 0 Å². The van der Waals surface area contributed by atoms with Gasteiger partial charge < -0.3 is 37.4 Å². The summed E-state index contributed by atoms with van der Waals surface area (Å²) in [6, 6.07) is -4.69. The van der Waals surface area contributed by atoms with Gasteiger partial charge in [-0.15, -0.1) is 0 Å². The maximum Gasteiger partial charge on any atom is 0.328 e. The molecule has 0 spiro atoms. The standard InChI is InChI=1S/C11H18N4O8/c12-4(1-8(18)19)9(20)14-5(2-7(13)17)10(21)15-6(3-16)11(22)23/h4-6,16H,1-3,12H2,(H2,13,17)(H,14,20)(H,15,21)(H,18,19)(H,22,23)/t4-,5-,6-/m0/s1. The van der Waals surface area contributed by atoms with Crippen LogP contribution in [0.15, 0.2) is 0 Å². The van der Waals surface area contributed by atoms with Crippen LogP contribution in [0, 0.1) is 0 Å². The molecule has 0 radical (unpaired) electrons. The van der Waals surface area contributed by atoms with E-state index < -0.39 is 67.2 Å². The van der Waals surface area contributed by atoms with Crippen LogP contribution in [0.1, 0.15) is 12.8 Å². The van der Waals surface area contributed by atoms with Crippen molar-refractivity contribution in [1.82, 2.24) is 10.6 Å². The van der Waals surface area contributed by atoms with Gasteiger partial charge >= 0.3 is 11.9 Å². The van der Waals surface area contributed by atoms with E-state index in [9.17, 15) is 24.0 Å². The lowest BCUT2D eigenvalue weighted by molar-refractivity contribution is -0.144. The Bertz CT molecular complexity index is 494. The predicted octanol–water partition coefficient (Wildman–Crippen LogP) is -4.29. The van der Waals surface area contributed by atoms with Gasteiger partial charge in [-0.25, -0.2) is 4.79 Å². The van der Waals surface area contributed by atoms with Gasteiger partial charge in [0.2, 0.25) is 17.7 Å². The highest BCUT2D eigenvalue weighted by Gasteiger charge is 2.29. The molecule has 9 N–H and O–H groups in total. The highest BCUT2D eigenvalue weighted by atomic mass is 16.4. The lowest BCUT2D eigenvalue weighted by Gasteiger charge is -2.21. The van der Waals surface area contributed by atoms with Crippen LogP contribution in [-0.2, 0) is 24.0 Å². The molecule has 23 heavy (non-hydrogen) atoms. The second kappa shape index (κ2) is 9.32. The van der Waals surface area contributed by atoms with Crippen molar-refractivity contribution in [2.45, 2.75) is 31.0 Å². The van der Waals surface area contributed by atoms with Crippen molar-refractivity contribution in [2.75, 3.05) is 6.61 Å². The Kier molecular flexibility index (Phi) is 8.21. The molecule has 0 aromatic carbocycles. The zero-order valence-corrected chi connectivity index (χ0v) is 11.9. The van der Waals surface area contributed by atoms with Gasteiger partial charge in [0.1, 0.15) is 12.1 Å². The Morgan fingerprint density at radius 3 is 1.83 bits per heavy atom. The van der Waals surface area contributed by atoms with Crippen molar-refractivity contribution in [3.05, 3.63) is 0 Å². The smallest absolute Gasteiger partial charge is 0.328 e. The van der Waals surface area contributed by atoms with E-state index in [1.165, 1.54) is 0 Å². The molecule has 130 valence electrons. The fourth-order valence-corrected chi connectivity index (χ4v) is 1.43. The topological polar surface area (TPSA) is 222 Å². The molecule has 0 aliphatic rings. The third-order valence-corrected chi connectivity index (χ3v) is 2.57. The summed E-state index contributed by atoms with van der Waals surface area (Å²) in [4.78, 5) is 55.7. The van der Waals surface area contributed by atoms with Crippen LogP contribution in [-0.4, -0.2) is 69.7 Å². The summed E-state index contributed by atoms with van der Waals surface area (Å²) in [6.07, 6.45) is -1.39. The first kappa shape index (κ1) is 20.3. The normalized spacial score (nSPS) is 14.2. The van der Waals surface area contributed by atoms with Crippen LogP contribution < -0.4 is 22.1 Å². The number of primary amides is 1. The molecule has 0 saturated heterocycles. The number of hydrogen-bond donors (Lipinski definition) is 7. The van der Waals surface area contributed by atoms with E-state index in [-0.39, 0.29) is 0 Å². The molecule has 0 aromatic rings. The lowest BCUT2D eigenvalue weighted by Crippen LogP contribution is -2.56. The Balaban J connectivity index is 4.96. The Morgan fingerprint density at radius 1 is 0.913 bits per heavy atom. The molecule has 0 bridgehead atoms. The van der Waals surface area contributed by atoms with Gasteiger partial charge in [0.05, 0.1) is 25.5 Å². The summed E-state index contributed by atoms with van der Waals surface area (Å²) in [5.41, 5.74) is 10.2. The van der Waals surface area contributed by atoms with Crippen LogP contribution in [0.25, 0.3) is 0 Å². The summed E-state index contributed by atoms with van der Waals surface area (Å²) in [6.45, 7) is -0.920. The number of nitrogens with two attached hydrogens (primary N) is 2. The van der Waals surface area contributed by atoms with Crippen LogP contribution in [0.2, 0.25) is 0 Å². The zero-order chi connectivity index (χ0) is 18.2. The number of carbonyl (C=O) groups is 5. The van der Waals surface area contributed by atoms with E-state index in [1.54, 1.807) is 0 Å². The van der Waals surface area contributed by atoms with E-state index in [1.807, 2.05) is 10.6 Å². The van der Waals surface area contributed by atoms with E-state index >= 15 is 0 Å². The fraction of sp³-hybridized carbons (Fsp3) is 0.545. The minimum Gasteiger partial charge on any atom is -0.481 e. The van der Waals surface area contributed by atoms with Crippen molar-refractivity contribution in [2.24, 2.45) is 11.5 Å². The molecule has 0 heterocycles. The molecule has 12 nitrogen and oxygen atoms in total. The Labute approximate surface area is 129 Å². The molecular weight excluding hydrogens is 316 g/mol. The molecule has 0 unspecified atom stereocenters. The number of carbonyl (C=O) groups excluding carboxylic acids is 3. The molecule has 0 rings (SSSR count). The number of carboxylic acid groups (broad SMARTS) is 2. The minimum atomic E-state index is -1.65. The number of rotatable bonds is 10. The van der Waals surface area contributed by atoms with Gasteiger partial charge in [-0.2, -0.15) is 0 Å². The van der Waals surface area contributed by atoms with E-state index in [4.69, 9.17) is 26.8 Å². The van der Waals surface area contributed by atoms with Gasteiger partial charge in [0.25, 0.3) is 0 Å². The molecule has 3 amide bonds. The maximum absolute atomic E-state index is 11.9. The molecule has 0 aromatic heterocycles. The zero-order valence-electron chi connectivity index (χ0n) is 11.9. The summed E-state index contributed by atoms with van der Waals surface area (Å²) >= 11 is 0. The van der Waals surface area contributed by atoms with Gasteiger partial charge in [-0.05, 0) is 0 Å².